The van der Waals surface area contributed by atoms with Gasteiger partial charge in [0.1, 0.15) is 6.61 Å². The van der Waals surface area contributed by atoms with E-state index in [2.05, 4.69) is 20.3 Å². The van der Waals surface area contributed by atoms with Gasteiger partial charge in [-0.2, -0.15) is 4.98 Å². The van der Waals surface area contributed by atoms with Crippen LogP contribution >= 0.6 is 0 Å². The van der Waals surface area contributed by atoms with Crippen molar-refractivity contribution in [1.29, 1.82) is 0 Å². The number of likely N-dealkylation sites (N-methyl/N-ethyl adjacent to an activating group) is 1. The number of halogens is 3. The third-order valence-electron chi connectivity index (χ3n) is 6.23. The molecule has 1 saturated heterocycles. The van der Waals surface area contributed by atoms with E-state index in [9.17, 15) is 13.2 Å². The predicted molar refractivity (Wildman–Crippen MR) is 119 cm³/mol. The third kappa shape index (κ3) is 4.37. The average molecular weight is 471 g/mol. The Hall–Kier alpha value is -3.40. The van der Waals surface area contributed by atoms with Gasteiger partial charge in [-0.1, -0.05) is 0 Å². The van der Waals surface area contributed by atoms with Crippen LogP contribution in [0.15, 0.2) is 36.7 Å². The van der Waals surface area contributed by atoms with Gasteiger partial charge in [-0.05, 0) is 55.2 Å². The van der Waals surface area contributed by atoms with Crippen molar-refractivity contribution in [2.75, 3.05) is 30.5 Å². The lowest BCUT2D eigenvalue weighted by atomic mass is 9.99. The number of pyridine rings is 1. The van der Waals surface area contributed by atoms with E-state index in [0.717, 1.165) is 36.2 Å². The first-order valence-corrected chi connectivity index (χ1v) is 11.1. The molecule has 7 nitrogen and oxygen atoms in total. The van der Waals surface area contributed by atoms with Crippen molar-refractivity contribution in [2.24, 2.45) is 0 Å². The summed E-state index contributed by atoms with van der Waals surface area (Å²) in [7, 11) is 1.74. The number of fused-ring (bicyclic) bond motifs is 1. The first kappa shape index (κ1) is 22.4. The summed E-state index contributed by atoms with van der Waals surface area (Å²) in [4.78, 5) is 14.9. The fourth-order valence-electron chi connectivity index (χ4n) is 4.38. The molecule has 178 valence electrons. The Balaban J connectivity index is 1.28. The van der Waals surface area contributed by atoms with Gasteiger partial charge < -0.3 is 19.7 Å². The number of ether oxygens (including phenoxy) is 2. The second kappa shape index (κ2) is 9.09. The Morgan fingerprint density at radius 2 is 1.82 bits per heavy atom. The van der Waals surface area contributed by atoms with Crippen LogP contribution < -0.4 is 15.0 Å². The van der Waals surface area contributed by atoms with Gasteiger partial charge >= 0.3 is 0 Å². The highest BCUT2D eigenvalue weighted by atomic mass is 19.2. The summed E-state index contributed by atoms with van der Waals surface area (Å²) in [5, 5.41) is 3.30. The number of hydrogen-bond donors (Lipinski definition) is 1. The van der Waals surface area contributed by atoms with Crippen LogP contribution in [0.2, 0.25) is 0 Å². The van der Waals surface area contributed by atoms with Gasteiger partial charge in [0.05, 0.1) is 31.0 Å². The molecule has 0 spiro atoms. The molecule has 1 aromatic carbocycles. The molecule has 2 aliphatic heterocycles. The van der Waals surface area contributed by atoms with E-state index in [1.807, 2.05) is 19.1 Å². The van der Waals surface area contributed by atoms with E-state index >= 15 is 0 Å². The van der Waals surface area contributed by atoms with E-state index in [4.69, 9.17) is 9.47 Å². The fourth-order valence-corrected chi connectivity index (χ4v) is 4.38. The zero-order chi connectivity index (χ0) is 23.8. The van der Waals surface area contributed by atoms with Crippen LogP contribution in [0.5, 0.6) is 5.75 Å². The highest BCUT2D eigenvalue weighted by molar-refractivity contribution is 5.57. The highest BCUT2D eigenvalue weighted by Gasteiger charge is 2.30. The molecule has 0 radical (unpaired) electrons. The van der Waals surface area contributed by atoms with E-state index in [-0.39, 0.29) is 24.3 Å². The molecular weight excluding hydrogens is 447 g/mol. The lowest BCUT2D eigenvalue weighted by Gasteiger charge is -2.35. The van der Waals surface area contributed by atoms with Crippen LogP contribution in [-0.2, 0) is 4.74 Å². The van der Waals surface area contributed by atoms with E-state index in [0.29, 0.717) is 24.1 Å². The van der Waals surface area contributed by atoms with Gasteiger partial charge in [0, 0.05) is 18.9 Å². The predicted octanol–water partition coefficient (Wildman–Crippen LogP) is 4.50. The van der Waals surface area contributed by atoms with Crippen molar-refractivity contribution in [1.82, 2.24) is 15.0 Å². The van der Waals surface area contributed by atoms with Gasteiger partial charge in [0.25, 0.3) is 0 Å². The maximum absolute atomic E-state index is 13.8. The Morgan fingerprint density at radius 3 is 2.53 bits per heavy atom. The maximum atomic E-state index is 13.8. The quantitative estimate of drug-likeness (QED) is 0.562. The minimum absolute atomic E-state index is 0.0287. The van der Waals surface area contributed by atoms with Crippen molar-refractivity contribution in [3.05, 3.63) is 70.9 Å². The lowest BCUT2D eigenvalue weighted by Crippen LogP contribution is -2.35. The molecule has 34 heavy (non-hydrogen) atoms. The topological polar surface area (TPSA) is 72.4 Å². The Kier molecular flexibility index (Phi) is 5.99. The van der Waals surface area contributed by atoms with Gasteiger partial charge in [-0.3, -0.25) is 4.98 Å². The van der Waals surface area contributed by atoms with Crippen molar-refractivity contribution in [2.45, 2.75) is 38.0 Å². The first-order chi connectivity index (χ1) is 16.4. The first-order valence-electron chi connectivity index (χ1n) is 11.1. The minimum atomic E-state index is -1.49. The van der Waals surface area contributed by atoms with Crippen LogP contribution in [-0.4, -0.2) is 41.3 Å². The molecule has 3 atom stereocenters. The summed E-state index contributed by atoms with van der Waals surface area (Å²) in [6.07, 6.45) is 5.10. The number of rotatable bonds is 4. The van der Waals surface area contributed by atoms with E-state index in [1.165, 1.54) is 0 Å². The molecule has 0 bridgehead atoms. The molecule has 5 rings (SSSR count). The molecule has 0 saturated carbocycles. The standard InChI is InChI=1S/C24H24F3N5O2/c1-13-7-14(5-6-28-13)20-4-3-16(11-33-20)30-24-29-10-21-23(31-24)32(2)19(12-34-21)15-8-17(25)22(27)18(26)9-15/h5-10,16,19-20H,3-4,11-12H2,1-2H3,(H,29,30,31). The van der Waals surface area contributed by atoms with Crippen molar-refractivity contribution in [3.8, 4) is 5.75 Å². The van der Waals surface area contributed by atoms with Crippen LogP contribution in [0.1, 0.15) is 41.8 Å². The second-order valence-corrected chi connectivity index (χ2v) is 8.59. The van der Waals surface area contributed by atoms with Gasteiger partial charge in [-0.25, -0.2) is 18.2 Å². The van der Waals surface area contributed by atoms with Crippen LogP contribution in [0.25, 0.3) is 0 Å². The zero-order valence-electron chi connectivity index (χ0n) is 18.8. The zero-order valence-corrected chi connectivity index (χ0v) is 18.8. The number of nitrogens with one attached hydrogen (secondary N) is 1. The monoisotopic (exact) mass is 471 g/mol. The largest absolute Gasteiger partial charge is 0.486 e. The van der Waals surface area contributed by atoms with E-state index < -0.39 is 23.5 Å². The Bertz CT molecular complexity index is 1180. The molecule has 1 N–H and O–H groups in total. The Labute approximate surface area is 195 Å². The fraction of sp³-hybridized carbons (Fsp3) is 0.375. The SMILES string of the molecule is Cc1cc(C2CCC(Nc3ncc4c(n3)N(C)C(c3cc(F)c(F)c(F)c3)CO4)CO2)ccn1. The molecule has 3 aromatic rings. The van der Waals surface area contributed by atoms with E-state index in [1.54, 1.807) is 24.3 Å². The van der Waals surface area contributed by atoms with Crippen molar-refractivity contribution < 1.29 is 22.6 Å². The number of aromatic nitrogens is 3. The maximum Gasteiger partial charge on any atom is 0.225 e. The molecule has 0 aliphatic carbocycles. The molecule has 3 unspecified atom stereocenters. The smallest absolute Gasteiger partial charge is 0.225 e. The van der Waals surface area contributed by atoms with Gasteiger partial charge in [0.2, 0.25) is 5.95 Å². The molecule has 2 aromatic heterocycles. The molecule has 4 heterocycles. The number of anilines is 2. The number of benzene rings is 1. The summed E-state index contributed by atoms with van der Waals surface area (Å²) in [6, 6.07) is 5.47. The normalized spacial score (nSPS) is 22.1. The molecule has 0 amide bonds. The lowest BCUT2D eigenvalue weighted by molar-refractivity contribution is 0.00794. The summed E-state index contributed by atoms with van der Waals surface area (Å²) in [5.41, 5.74) is 2.34. The van der Waals surface area contributed by atoms with Crippen molar-refractivity contribution in [3.63, 3.8) is 0 Å². The Morgan fingerprint density at radius 1 is 1.03 bits per heavy atom. The summed E-state index contributed by atoms with van der Waals surface area (Å²) in [5.74, 6) is -2.64. The second-order valence-electron chi connectivity index (χ2n) is 8.59. The molecular formula is C24H24F3N5O2. The number of hydrogen-bond acceptors (Lipinski definition) is 7. The molecule has 2 aliphatic rings. The third-order valence-corrected chi connectivity index (χ3v) is 6.23. The minimum Gasteiger partial charge on any atom is -0.486 e. The number of nitrogens with zero attached hydrogens (tertiary/aromatic N) is 4. The summed E-state index contributed by atoms with van der Waals surface area (Å²) in [6.45, 7) is 2.57. The molecule has 10 heteroatoms. The van der Waals surface area contributed by atoms with Crippen LogP contribution in [0.4, 0.5) is 24.9 Å². The van der Waals surface area contributed by atoms with Gasteiger partial charge in [-0.15, -0.1) is 0 Å². The highest BCUT2D eigenvalue weighted by Crippen LogP contribution is 2.38. The average Bonchev–Trinajstić information content (AvgIpc) is 2.83. The van der Waals surface area contributed by atoms with Crippen LogP contribution in [0.3, 0.4) is 0 Å². The summed E-state index contributed by atoms with van der Waals surface area (Å²) >= 11 is 0. The van der Waals surface area contributed by atoms with Crippen molar-refractivity contribution >= 4 is 11.8 Å². The molecule has 1 fully saturated rings. The van der Waals surface area contributed by atoms with Crippen LogP contribution in [0, 0.1) is 24.4 Å². The summed E-state index contributed by atoms with van der Waals surface area (Å²) < 4.78 is 52.7. The number of aryl methyl sites for hydroxylation is 1. The van der Waals surface area contributed by atoms with Gasteiger partial charge in [0.15, 0.2) is 29.0 Å².